The number of hydrogen-bond donors (Lipinski definition) is 0. The van der Waals surface area contributed by atoms with Gasteiger partial charge in [0.15, 0.2) is 5.78 Å². The largest absolute Gasteiger partial charge is 0.289 e. The van der Waals surface area contributed by atoms with Gasteiger partial charge in [-0.05, 0) is 60.5 Å². The van der Waals surface area contributed by atoms with Gasteiger partial charge in [0.05, 0.1) is 0 Å². The van der Waals surface area contributed by atoms with E-state index in [0.717, 1.165) is 11.1 Å². The van der Waals surface area contributed by atoms with Crippen molar-refractivity contribution in [1.29, 1.82) is 0 Å². The van der Waals surface area contributed by atoms with Crippen LogP contribution in [0.2, 0.25) is 0 Å². The third kappa shape index (κ3) is 3.35. The van der Waals surface area contributed by atoms with Gasteiger partial charge in [0.1, 0.15) is 11.6 Å². The number of carbonyl (C=O) groups is 1. The van der Waals surface area contributed by atoms with Crippen molar-refractivity contribution < 1.29 is 13.6 Å². The Labute approximate surface area is 110 Å². The summed E-state index contributed by atoms with van der Waals surface area (Å²) < 4.78 is 25.5. The maximum Gasteiger partial charge on any atom is 0.186 e. The molecular weight excluding hydrogens is 246 g/mol. The molecule has 0 unspecified atom stereocenters. The Morgan fingerprint density at radius 1 is 0.842 bits per heavy atom. The minimum absolute atomic E-state index is 0.207. The second-order valence-electron chi connectivity index (χ2n) is 4.21. The third-order valence-corrected chi connectivity index (χ3v) is 2.78. The van der Waals surface area contributed by atoms with Crippen molar-refractivity contribution in [2.24, 2.45) is 0 Å². The van der Waals surface area contributed by atoms with Gasteiger partial charge in [0.2, 0.25) is 0 Å². The molecule has 96 valence electrons. The van der Waals surface area contributed by atoms with Crippen LogP contribution in [0.25, 0.3) is 5.57 Å². The summed E-state index contributed by atoms with van der Waals surface area (Å²) in [6.45, 7) is 1.77. The third-order valence-electron chi connectivity index (χ3n) is 2.78. The Bertz CT molecular complexity index is 610. The summed E-state index contributed by atoms with van der Waals surface area (Å²) in [7, 11) is 0. The van der Waals surface area contributed by atoms with Gasteiger partial charge in [-0.1, -0.05) is 12.1 Å². The fraction of sp³-hybridized carbons (Fsp3) is 0.0625. The summed E-state index contributed by atoms with van der Waals surface area (Å²) >= 11 is 0. The molecule has 2 aromatic rings. The van der Waals surface area contributed by atoms with Crippen molar-refractivity contribution in [2.45, 2.75) is 6.92 Å². The second-order valence-corrected chi connectivity index (χ2v) is 4.21. The smallest absolute Gasteiger partial charge is 0.186 e. The van der Waals surface area contributed by atoms with E-state index in [1.165, 1.54) is 42.5 Å². The van der Waals surface area contributed by atoms with Crippen LogP contribution in [-0.2, 0) is 0 Å². The van der Waals surface area contributed by atoms with Crippen LogP contribution in [0, 0.1) is 11.6 Å². The molecular formula is C16H12F2O. The number of rotatable bonds is 3. The molecule has 0 N–H and O–H groups in total. The predicted octanol–water partition coefficient (Wildman–Crippen LogP) is 4.25. The Hall–Kier alpha value is -2.29. The van der Waals surface area contributed by atoms with E-state index in [9.17, 15) is 13.6 Å². The van der Waals surface area contributed by atoms with E-state index in [2.05, 4.69) is 0 Å². The lowest BCUT2D eigenvalue weighted by atomic mass is 10.0. The van der Waals surface area contributed by atoms with E-state index in [1.807, 2.05) is 0 Å². The molecule has 2 aromatic carbocycles. The van der Waals surface area contributed by atoms with Crippen molar-refractivity contribution in [3.63, 3.8) is 0 Å². The van der Waals surface area contributed by atoms with Crippen LogP contribution < -0.4 is 0 Å². The first kappa shape index (κ1) is 13.1. The Balaban J connectivity index is 2.22. The highest BCUT2D eigenvalue weighted by Crippen LogP contribution is 2.15. The molecule has 0 bridgehead atoms. The van der Waals surface area contributed by atoms with E-state index in [4.69, 9.17) is 0 Å². The zero-order valence-corrected chi connectivity index (χ0v) is 10.4. The van der Waals surface area contributed by atoms with E-state index >= 15 is 0 Å². The molecule has 0 radical (unpaired) electrons. The summed E-state index contributed by atoms with van der Waals surface area (Å²) in [4.78, 5) is 11.9. The zero-order valence-electron chi connectivity index (χ0n) is 10.4. The van der Waals surface area contributed by atoms with E-state index in [-0.39, 0.29) is 17.4 Å². The van der Waals surface area contributed by atoms with E-state index in [0.29, 0.717) is 5.56 Å². The minimum atomic E-state index is -0.379. The summed E-state index contributed by atoms with van der Waals surface area (Å²) in [5.74, 6) is -0.904. The topological polar surface area (TPSA) is 17.1 Å². The summed E-state index contributed by atoms with van der Waals surface area (Å²) in [6, 6.07) is 11.3. The van der Waals surface area contributed by atoms with Crippen LogP contribution in [0.5, 0.6) is 0 Å². The average Bonchev–Trinajstić information content (AvgIpc) is 2.40. The van der Waals surface area contributed by atoms with Gasteiger partial charge in [0, 0.05) is 5.56 Å². The van der Waals surface area contributed by atoms with Gasteiger partial charge in [0.25, 0.3) is 0 Å². The molecule has 0 atom stereocenters. The fourth-order valence-corrected chi connectivity index (χ4v) is 1.69. The normalized spacial score (nSPS) is 11.4. The van der Waals surface area contributed by atoms with Crippen molar-refractivity contribution in [2.75, 3.05) is 0 Å². The Morgan fingerprint density at radius 2 is 1.26 bits per heavy atom. The highest BCUT2D eigenvalue weighted by molar-refractivity contribution is 6.08. The standard InChI is InChI=1S/C16H12F2O/c1-11(12-2-6-14(17)7-3-12)10-16(19)13-4-8-15(18)9-5-13/h2-10H,1H3. The SMILES string of the molecule is CC(=CC(=O)c1ccc(F)cc1)c1ccc(F)cc1. The number of ketones is 1. The van der Waals surface area contributed by atoms with Gasteiger partial charge >= 0.3 is 0 Å². The zero-order chi connectivity index (χ0) is 13.8. The van der Waals surface area contributed by atoms with Gasteiger partial charge in [-0.15, -0.1) is 0 Å². The van der Waals surface area contributed by atoms with Gasteiger partial charge in [-0.25, -0.2) is 8.78 Å². The minimum Gasteiger partial charge on any atom is -0.289 e. The molecule has 1 nitrogen and oxygen atoms in total. The summed E-state index contributed by atoms with van der Waals surface area (Å²) in [5.41, 5.74) is 1.93. The van der Waals surface area contributed by atoms with Crippen molar-refractivity contribution >= 4 is 11.4 Å². The van der Waals surface area contributed by atoms with Crippen LogP contribution in [0.15, 0.2) is 54.6 Å². The van der Waals surface area contributed by atoms with Crippen LogP contribution >= 0.6 is 0 Å². The molecule has 0 fully saturated rings. The van der Waals surface area contributed by atoms with Crippen LogP contribution in [0.4, 0.5) is 8.78 Å². The van der Waals surface area contributed by atoms with Crippen molar-refractivity contribution in [3.05, 3.63) is 77.4 Å². The number of allylic oxidation sites excluding steroid dienone is 2. The molecule has 2 rings (SSSR count). The number of carbonyl (C=O) groups excluding carboxylic acids is 1. The maximum atomic E-state index is 12.8. The molecule has 0 aliphatic rings. The molecule has 0 spiro atoms. The first-order valence-corrected chi connectivity index (χ1v) is 5.80. The van der Waals surface area contributed by atoms with Crippen molar-refractivity contribution in [1.82, 2.24) is 0 Å². The lowest BCUT2D eigenvalue weighted by Crippen LogP contribution is -1.95. The van der Waals surface area contributed by atoms with Gasteiger partial charge < -0.3 is 0 Å². The average molecular weight is 258 g/mol. The lowest BCUT2D eigenvalue weighted by molar-refractivity contribution is 0.104. The Kier molecular flexibility index (Phi) is 3.85. The fourth-order valence-electron chi connectivity index (χ4n) is 1.69. The van der Waals surface area contributed by atoms with Gasteiger partial charge in [-0.2, -0.15) is 0 Å². The second kappa shape index (κ2) is 5.57. The monoisotopic (exact) mass is 258 g/mol. The highest BCUT2D eigenvalue weighted by Gasteiger charge is 2.04. The number of halogens is 2. The number of benzene rings is 2. The molecule has 0 aliphatic heterocycles. The summed E-state index contributed by atoms with van der Waals surface area (Å²) in [5, 5.41) is 0. The first-order valence-electron chi connectivity index (χ1n) is 5.80. The molecule has 3 heteroatoms. The first-order chi connectivity index (χ1) is 9.06. The van der Waals surface area contributed by atoms with Crippen LogP contribution in [0.3, 0.4) is 0 Å². The van der Waals surface area contributed by atoms with E-state index < -0.39 is 0 Å². The molecule has 19 heavy (non-hydrogen) atoms. The molecule has 0 aromatic heterocycles. The molecule has 0 saturated heterocycles. The predicted molar refractivity (Wildman–Crippen MR) is 70.8 cm³/mol. The quantitative estimate of drug-likeness (QED) is 0.594. The molecule has 0 aliphatic carbocycles. The van der Waals surface area contributed by atoms with Crippen molar-refractivity contribution in [3.8, 4) is 0 Å². The summed E-state index contributed by atoms with van der Waals surface area (Å²) in [6.07, 6.45) is 1.46. The van der Waals surface area contributed by atoms with Crippen LogP contribution in [0.1, 0.15) is 22.8 Å². The lowest BCUT2D eigenvalue weighted by Gasteiger charge is -2.02. The number of hydrogen-bond acceptors (Lipinski definition) is 1. The molecule has 0 heterocycles. The highest BCUT2D eigenvalue weighted by atomic mass is 19.1. The van der Waals surface area contributed by atoms with Crippen LogP contribution in [-0.4, -0.2) is 5.78 Å². The molecule has 0 amide bonds. The molecule has 0 saturated carbocycles. The van der Waals surface area contributed by atoms with E-state index in [1.54, 1.807) is 19.1 Å². The van der Waals surface area contributed by atoms with Gasteiger partial charge in [-0.3, -0.25) is 4.79 Å². The Morgan fingerprint density at radius 3 is 1.74 bits per heavy atom. The maximum absolute atomic E-state index is 12.8.